The van der Waals surface area contributed by atoms with Gasteiger partial charge in [0.2, 0.25) is 0 Å². The molecular formula is C23H21FN4O2. The summed E-state index contributed by atoms with van der Waals surface area (Å²) in [7, 11) is 1.74. The minimum Gasteiger partial charge on any atom is -0.493 e. The van der Waals surface area contributed by atoms with Crippen LogP contribution in [-0.4, -0.2) is 39.9 Å². The lowest BCUT2D eigenvalue weighted by molar-refractivity contribution is 0.0785. The second kappa shape index (κ2) is 8.32. The third kappa shape index (κ3) is 3.87. The average Bonchev–Trinajstić information content (AvgIpc) is 3.23. The third-order valence-electron chi connectivity index (χ3n) is 4.87. The maximum Gasteiger partial charge on any atom is 0.254 e. The molecule has 0 saturated heterocycles. The number of hydrogen-bond acceptors (Lipinski definition) is 4. The molecule has 0 unspecified atom stereocenters. The van der Waals surface area contributed by atoms with E-state index in [-0.39, 0.29) is 11.7 Å². The maximum absolute atomic E-state index is 13.7. The molecule has 1 aromatic heterocycles. The molecule has 0 atom stereocenters. The Hall–Kier alpha value is -3.74. The van der Waals surface area contributed by atoms with Crippen molar-refractivity contribution < 1.29 is 13.9 Å². The van der Waals surface area contributed by atoms with Crippen LogP contribution in [0.1, 0.15) is 22.8 Å². The lowest BCUT2D eigenvalue weighted by atomic mass is 10.0. The number of hydrogen-bond donors (Lipinski definition) is 1. The summed E-state index contributed by atoms with van der Waals surface area (Å²) in [5.41, 5.74) is 4.43. The number of benzene rings is 3. The van der Waals surface area contributed by atoms with E-state index in [9.17, 15) is 9.18 Å². The first-order valence-corrected chi connectivity index (χ1v) is 9.63. The molecule has 4 rings (SSSR count). The van der Waals surface area contributed by atoms with Crippen LogP contribution in [0.3, 0.4) is 0 Å². The molecular weight excluding hydrogens is 383 g/mol. The van der Waals surface area contributed by atoms with Crippen LogP contribution in [0.2, 0.25) is 0 Å². The second-order valence-corrected chi connectivity index (χ2v) is 6.94. The summed E-state index contributed by atoms with van der Waals surface area (Å²) in [6, 6.07) is 17.2. The van der Waals surface area contributed by atoms with Gasteiger partial charge in [-0.2, -0.15) is 0 Å². The van der Waals surface area contributed by atoms with Gasteiger partial charge in [0.25, 0.3) is 5.91 Å². The Kier molecular flexibility index (Phi) is 5.43. The lowest BCUT2D eigenvalue weighted by Gasteiger charge is -2.19. The molecule has 1 heterocycles. The highest BCUT2D eigenvalue weighted by molar-refractivity contribution is 5.95. The molecule has 7 heteroatoms. The van der Waals surface area contributed by atoms with Crippen molar-refractivity contribution in [2.75, 3.05) is 13.7 Å². The number of amides is 1. The van der Waals surface area contributed by atoms with Crippen molar-refractivity contribution >= 4 is 16.9 Å². The quantitative estimate of drug-likeness (QED) is 0.516. The highest BCUT2D eigenvalue weighted by atomic mass is 19.1. The SMILES string of the molecule is CCOc1cc(C(=O)N(C)Cc2cccc3nn[nH]c23)ccc1-c1cccc(F)c1. The molecule has 0 fully saturated rings. The zero-order valence-corrected chi connectivity index (χ0v) is 16.7. The molecule has 1 amide bonds. The molecule has 4 aromatic rings. The largest absolute Gasteiger partial charge is 0.493 e. The van der Waals surface area contributed by atoms with E-state index in [1.54, 1.807) is 36.2 Å². The lowest BCUT2D eigenvalue weighted by Crippen LogP contribution is -2.26. The summed E-state index contributed by atoms with van der Waals surface area (Å²) < 4.78 is 19.4. The van der Waals surface area contributed by atoms with Crippen LogP contribution < -0.4 is 4.74 Å². The number of nitrogens with zero attached hydrogens (tertiary/aromatic N) is 3. The fourth-order valence-corrected chi connectivity index (χ4v) is 3.43. The Bertz CT molecular complexity index is 1200. The molecule has 3 aromatic carbocycles. The van der Waals surface area contributed by atoms with Gasteiger partial charge in [-0.15, -0.1) is 5.10 Å². The first-order chi connectivity index (χ1) is 14.6. The van der Waals surface area contributed by atoms with Gasteiger partial charge in [-0.1, -0.05) is 29.5 Å². The molecule has 6 nitrogen and oxygen atoms in total. The number of rotatable bonds is 6. The number of H-pyrrole nitrogens is 1. The van der Waals surface area contributed by atoms with Crippen LogP contribution in [-0.2, 0) is 6.54 Å². The number of aromatic amines is 1. The first-order valence-electron chi connectivity index (χ1n) is 9.63. The molecule has 0 spiro atoms. The van der Waals surface area contributed by atoms with Gasteiger partial charge in [0.1, 0.15) is 17.1 Å². The minimum atomic E-state index is -0.322. The normalized spacial score (nSPS) is 10.9. The summed E-state index contributed by atoms with van der Waals surface area (Å²) in [6.45, 7) is 2.70. The number of carbonyl (C=O) groups is 1. The maximum atomic E-state index is 13.7. The molecule has 0 bridgehead atoms. The summed E-state index contributed by atoms with van der Waals surface area (Å²) in [6.07, 6.45) is 0. The molecule has 0 saturated carbocycles. The van der Waals surface area contributed by atoms with Gasteiger partial charge < -0.3 is 9.64 Å². The van der Waals surface area contributed by atoms with Crippen LogP contribution in [0, 0.1) is 5.82 Å². The van der Waals surface area contributed by atoms with Crippen molar-refractivity contribution in [3.63, 3.8) is 0 Å². The number of para-hydroxylation sites is 1. The van der Waals surface area contributed by atoms with Crippen LogP contribution >= 0.6 is 0 Å². The molecule has 1 N–H and O–H groups in total. The van der Waals surface area contributed by atoms with E-state index < -0.39 is 0 Å². The van der Waals surface area contributed by atoms with Gasteiger partial charge in [0.15, 0.2) is 0 Å². The zero-order valence-electron chi connectivity index (χ0n) is 16.7. The Labute approximate surface area is 173 Å². The molecule has 0 aliphatic rings. The molecule has 0 aliphatic heterocycles. The van der Waals surface area contributed by atoms with Crippen molar-refractivity contribution in [2.24, 2.45) is 0 Å². The number of aromatic nitrogens is 3. The van der Waals surface area contributed by atoms with Crippen LogP contribution in [0.15, 0.2) is 60.7 Å². The monoisotopic (exact) mass is 404 g/mol. The van der Waals surface area contributed by atoms with Crippen molar-refractivity contribution in [3.05, 3.63) is 77.6 Å². The number of carbonyl (C=O) groups excluding carboxylic acids is 1. The van der Waals surface area contributed by atoms with Crippen molar-refractivity contribution in [2.45, 2.75) is 13.5 Å². The highest BCUT2D eigenvalue weighted by Crippen LogP contribution is 2.32. The van der Waals surface area contributed by atoms with E-state index >= 15 is 0 Å². The number of fused-ring (bicyclic) bond motifs is 1. The number of halogens is 1. The van der Waals surface area contributed by atoms with E-state index in [0.29, 0.717) is 30.0 Å². The average molecular weight is 404 g/mol. The summed E-state index contributed by atoms with van der Waals surface area (Å²) in [4.78, 5) is 14.7. The minimum absolute atomic E-state index is 0.147. The second-order valence-electron chi connectivity index (χ2n) is 6.94. The fourth-order valence-electron chi connectivity index (χ4n) is 3.43. The van der Waals surface area contributed by atoms with Gasteiger partial charge in [0, 0.05) is 24.7 Å². The van der Waals surface area contributed by atoms with Crippen molar-refractivity contribution in [1.82, 2.24) is 20.3 Å². The van der Waals surface area contributed by atoms with Gasteiger partial charge in [-0.05, 0) is 54.4 Å². The van der Waals surface area contributed by atoms with E-state index in [0.717, 1.165) is 22.2 Å². The Morgan fingerprint density at radius 2 is 1.97 bits per heavy atom. The standard InChI is InChI=1S/C23H21FN4O2/c1-3-30-21-13-16(10-11-19(21)15-6-4-8-18(24)12-15)23(29)28(2)14-17-7-5-9-20-22(17)26-27-25-20/h4-13H,3,14H2,1-2H3,(H,25,26,27). The van der Waals surface area contributed by atoms with Gasteiger partial charge in [0.05, 0.1) is 12.1 Å². The van der Waals surface area contributed by atoms with E-state index in [2.05, 4.69) is 15.4 Å². The van der Waals surface area contributed by atoms with Gasteiger partial charge in [-0.25, -0.2) is 4.39 Å². The third-order valence-corrected chi connectivity index (χ3v) is 4.87. The fraction of sp³-hybridized carbons (Fsp3) is 0.174. The Balaban J connectivity index is 1.62. The predicted octanol–water partition coefficient (Wildman–Crippen LogP) is 4.43. The van der Waals surface area contributed by atoms with Crippen molar-refractivity contribution in [1.29, 1.82) is 0 Å². The highest BCUT2D eigenvalue weighted by Gasteiger charge is 2.17. The number of nitrogens with one attached hydrogen (secondary N) is 1. The summed E-state index contributed by atoms with van der Waals surface area (Å²) in [5.74, 6) is 0.0748. The van der Waals surface area contributed by atoms with Crippen molar-refractivity contribution in [3.8, 4) is 16.9 Å². The Morgan fingerprint density at radius 1 is 1.13 bits per heavy atom. The van der Waals surface area contributed by atoms with Crippen LogP contribution in [0.5, 0.6) is 5.75 Å². The smallest absolute Gasteiger partial charge is 0.254 e. The van der Waals surface area contributed by atoms with E-state index in [4.69, 9.17) is 4.74 Å². The summed E-state index contributed by atoms with van der Waals surface area (Å²) in [5, 5.41) is 10.7. The molecule has 30 heavy (non-hydrogen) atoms. The van der Waals surface area contributed by atoms with E-state index in [1.165, 1.54) is 12.1 Å². The van der Waals surface area contributed by atoms with Gasteiger partial charge in [-0.3, -0.25) is 9.89 Å². The number of ether oxygens (including phenoxy) is 1. The molecule has 152 valence electrons. The topological polar surface area (TPSA) is 71.1 Å². The molecule has 0 radical (unpaired) electrons. The summed E-state index contributed by atoms with van der Waals surface area (Å²) >= 11 is 0. The van der Waals surface area contributed by atoms with Crippen LogP contribution in [0.25, 0.3) is 22.2 Å². The van der Waals surface area contributed by atoms with E-state index in [1.807, 2.05) is 31.2 Å². The van der Waals surface area contributed by atoms with Crippen LogP contribution in [0.4, 0.5) is 4.39 Å². The molecule has 0 aliphatic carbocycles. The first kappa shape index (κ1) is 19.6. The van der Waals surface area contributed by atoms with Gasteiger partial charge >= 0.3 is 0 Å². The zero-order chi connectivity index (χ0) is 21.1. The Morgan fingerprint density at radius 3 is 2.77 bits per heavy atom. The predicted molar refractivity (Wildman–Crippen MR) is 113 cm³/mol.